The summed E-state index contributed by atoms with van der Waals surface area (Å²) < 4.78 is 1.95. The third-order valence-electron chi connectivity index (χ3n) is 4.03. The maximum Gasteiger partial charge on any atom is 0.0834 e. The first-order chi connectivity index (χ1) is 9.12. The lowest BCUT2D eigenvalue weighted by Crippen LogP contribution is -2.26. The van der Waals surface area contributed by atoms with Crippen molar-refractivity contribution in [3.63, 3.8) is 0 Å². The van der Waals surface area contributed by atoms with Gasteiger partial charge in [0.15, 0.2) is 0 Å². The second kappa shape index (κ2) is 6.92. The predicted octanol–water partition coefficient (Wildman–Crippen LogP) is 3.17. The Morgan fingerprint density at radius 1 is 1.40 bits per heavy atom. The molecule has 0 bridgehead atoms. The van der Waals surface area contributed by atoms with Crippen molar-refractivity contribution in [2.75, 3.05) is 20.6 Å². The van der Waals surface area contributed by atoms with Gasteiger partial charge in [0, 0.05) is 12.6 Å². The molecule has 0 radical (unpaired) electrons. The molecule has 2 N–H and O–H groups in total. The fourth-order valence-electron chi connectivity index (χ4n) is 2.06. The summed E-state index contributed by atoms with van der Waals surface area (Å²) in [6.07, 6.45) is 2.62. The van der Waals surface area contributed by atoms with Gasteiger partial charge in [-0.05, 0) is 31.8 Å². The van der Waals surface area contributed by atoms with Crippen LogP contribution in [-0.4, -0.2) is 35.3 Å². The number of likely N-dealkylation sites (N-methyl/N-ethyl adjacent to an activating group) is 1. The van der Waals surface area contributed by atoms with E-state index < -0.39 is 0 Å². The van der Waals surface area contributed by atoms with Gasteiger partial charge in [-0.3, -0.25) is 4.68 Å². The number of hydrogen-bond donors (Lipinski definition) is 1. The molecule has 116 valence electrons. The van der Waals surface area contributed by atoms with E-state index >= 15 is 0 Å². The van der Waals surface area contributed by atoms with Crippen molar-refractivity contribution in [2.24, 2.45) is 17.1 Å². The van der Waals surface area contributed by atoms with E-state index in [0.717, 1.165) is 25.2 Å². The molecule has 1 rings (SSSR count). The summed E-state index contributed by atoms with van der Waals surface area (Å²) in [4.78, 5) is 2.13. The SMILES string of the molecule is CC(CC(N)c1c(Cl)cnn1CCN(C)C)C(C)(C)C. The molecule has 0 saturated heterocycles. The molecule has 0 spiro atoms. The van der Waals surface area contributed by atoms with Crippen molar-refractivity contribution in [3.8, 4) is 0 Å². The molecule has 0 aliphatic heterocycles. The van der Waals surface area contributed by atoms with Crippen LogP contribution in [0.5, 0.6) is 0 Å². The van der Waals surface area contributed by atoms with E-state index in [9.17, 15) is 0 Å². The van der Waals surface area contributed by atoms with Gasteiger partial charge in [-0.25, -0.2) is 0 Å². The van der Waals surface area contributed by atoms with Crippen molar-refractivity contribution in [1.82, 2.24) is 14.7 Å². The Hall–Kier alpha value is -0.580. The Morgan fingerprint density at radius 3 is 2.50 bits per heavy atom. The Morgan fingerprint density at radius 2 is 2.00 bits per heavy atom. The smallest absolute Gasteiger partial charge is 0.0834 e. The molecule has 0 aromatic carbocycles. The van der Waals surface area contributed by atoms with Gasteiger partial charge in [0.1, 0.15) is 0 Å². The molecule has 1 aromatic heterocycles. The van der Waals surface area contributed by atoms with Crippen LogP contribution in [0.1, 0.15) is 45.9 Å². The normalized spacial score (nSPS) is 15.7. The Balaban J connectivity index is 2.81. The van der Waals surface area contributed by atoms with E-state index in [4.69, 9.17) is 17.3 Å². The van der Waals surface area contributed by atoms with Crippen LogP contribution in [0.2, 0.25) is 5.02 Å². The van der Waals surface area contributed by atoms with E-state index in [1.807, 2.05) is 18.8 Å². The van der Waals surface area contributed by atoms with Crippen molar-refractivity contribution >= 4 is 11.6 Å². The quantitative estimate of drug-likeness (QED) is 0.878. The summed E-state index contributed by atoms with van der Waals surface area (Å²) >= 11 is 6.28. The number of hydrogen-bond acceptors (Lipinski definition) is 3. The summed E-state index contributed by atoms with van der Waals surface area (Å²) in [5, 5.41) is 5.03. The highest BCUT2D eigenvalue weighted by atomic mass is 35.5. The molecular formula is C15H29ClN4. The zero-order chi connectivity index (χ0) is 15.5. The van der Waals surface area contributed by atoms with E-state index in [1.54, 1.807) is 6.20 Å². The minimum Gasteiger partial charge on any atom is -0.323 e. The molecule has 0 aliphatic rings. The minimum atomic E-state index is -0.0682. The van der Waals surface area contributed by atoms with Crippen LogP contribution in [-0.2, 0) is 6.54 Å². The lowest BCUT2D eigenvalue weighted by Gasteiger charge is -2.29. The molecule has 4 nitrogen and oxygen atoms in total. The van der Waals surface area contributed by atoms with Gasteiger partial charge in [0.05, 0.1) is 23.5 Å². The molecule has 0 aliphatic carbocycles. The molecule has 0 fully saturated rings. The van der Waals surface area contributed by atoms with Crippen molar-refractivity contribution in [2.45, 2.75) is 46.7 Å². The highest BCUT2D eigenvalue weighted by molar-refractivity contribution is 6.31. The predicted molar refractivity (Wildman–Crippen MR) is 86.0 cm³/mol. The van der Waals surface area contributed by atoms with Crippen LogP contribution in [0.3, 0.4) is 0 Å². The second-order valence-corrected chi connectivity index (χ2v) is 7.42. The maximum absolute atomic E-state index is 6.39. The van der Waals surface area contributed by atoms with Crippen LogP contribution in [0.15, 0.2) is 6.20 Å². The summed E-state index contributed by atoms with van der Waals surface area (Å²) in [6, 6.07) is -0.0682. The second-order valence-electron chi connectivity index (χ2n) is 7.01. The van der Waals surface area contributed by atoms with E-state index in [1.165, 1.54) is 0 Å². The van der Waals surface area contributed by atoms with Gasteiger partial charge in [-0.1, -0.05) is 39.3 Å². The molecule has 20 heavy (non-hydrogen) atoms. The Labute approximate surface area is 128 Å². The van der Waals surface area contributed by atoms with Gasteiger partial charge in [0.2, 0.25) is 0 Å². The minimum absolute atomic E-state index is 0.0682. The summed E-state index contributed by atoms with van der Waals surface area (Å²) in [5.41, 5.74) is 7.60. The summed E-state index contributed by atoms with van der Waals surface area (Å²) in [7, 11) is 4.10. The van der Waals surface area contributed by atoms with E-state index in [0.29, 0.717) is 10.9 Å². The zero-order valence-corrected chi connectivity index (χ0v) is 14.4. The van der Waals surface area contributed by atoms with E-state index in [-0.39, 0.29) is 11.5 Å². The van der Waals surface area contributed by atoms with Gasteiger partial charge >= 0.3 is 0 Å². The molecule has 0 amide bonds. The highest BCUT2D eigenvalue weighted by Crippen LogP contribution is 2.34. The van der Waals surface area contributed by atoms with Gasteiger partial charge in [-0.15, -0.1) is 0 Å². The third kappa shape index (κ3) is 4.76. The fourth-order valence-corrected chi connectivity index (χ4v) is 2.34. The largest absolute Gasteiger partial charge is 0.323 e. The molecule has 1 heterocycles. The van der Waals surface area contributed by atoms with Gasteiger partial charge in [0.25, 0.3) is 0 Å². The lowest BCUT2D eigenvalue weighted by molar-refractivity contribution is 0.231. The third-order valence-corrected chi connectivity index (χ3v) is 4.32. The first-order valence-corrected chi connectivity index (χ1v) is 7.62. The van der Waals surface area contributed by atoms with Gasteiger partial charge in [-0.2, -0.15) is 5.10 Å². The molecule has 0 saturated carbocycles. The van der Waals surface area contributed by atoms with Crippen LogP contribution >= 0.6 is 11.6 Å². The fraction of sp³-hybridized carbons (Fsp3) is 0.800. The maximum atomic E-state index is 6.39. The standard InChI is InChI=1S/C15H29ClN4/c1-11(15(2,3)4)9-13(17)14-12(16)10-18-20(14)8-7-19(5)6/h10-11,13H,7-9,17H2,1-6H3. The van der Waals surface area contributed by atoms with Crippen molar-refractivity contribution in [1.29, 1.82) is 0 Å². The van der Waals surface area contributed by atoms with Crippen molar-refractivity contribution in [3.05, 3.63) is 16.9 Å². The monoisotopic (exact) mass is 300 g/mol. The molecule has 2 atom stereocenters. The number of nitrogens with two attached hydrogens (primary N) is 1. The van der Waals surface area contributed by atoms with Crippen LogP contribution in [0, 0.1) is 11.3 Å². The van der Waals surface area contributed by atoms with Crippen molar-refractivity contribution < 1.29 is 0 Å². The average molecular weight is 301 g/mol. The first kappa shape index (κ1) is 17.5. The molecule has 5 heteroatoms. The topological polar surface area (TPSA) is 47.1 Å². The van der Waals surface area contributed by atoms with Crippen LogP contribution in [0.4, 0.5) is 0 Å². The Bertz CT molecular complexity index is 420. The van der Waals surface area contributed by atoms with E-state index in [2.05, 4.69) is 37.7 Å². The zero-order valence-electron chi connectivity index (χ0n) is 13.7. The highest BCUT2D eigenvalue weighted by Gasteiger charge is 2.25. The van der Waals surface area contributed by atoms with Crippen LogP contribution < -0.4 is 5.73 Å². The first-order valence-electron chi connectivity index (χ1n) is 7.24. The summed E-state index contributed by atoms with van der Waals surface area (Å²) in [6.45, 7) is 10.7. The molecular weight excluding hydrogens is 272 g/mol. The van der Waals surface area contributed by atoms with Gasteiger partial charge < -0.3 is 10.6 Å². The molecule has 2 unspecified atom stereocenters. The molecule has 1 aromatic rings. The average Bonchev–Trinajstić information content (AvgIpc) is 2.66. The van der Waals surface area contributed by atoms with Crippen LogP contribution in [0.25, 0.3) is 0 Å². The number of aromatic nitrogens is 2. The number of rotatable bonds is 6. The summed E-state index contributed by atoms with van der Waals surface area (Å²) in [5.74, 6) is 0.519. The lowest BCUT2D eigenvalue weighted by atomic mass is 9.78. The number of halogens is 1. The number of nitrogens with zero attached hydrogens (tertiary/aromatic N) is 3. The Kier molecular flexibility index (Phi) is 6.05.